The van der Waals surface area contributed by atoms with E-state index in [4.69, 9.17) is 18.9 Å². The van der Waals surface area contributed by atoms with Crippen LogP contribution in [0.1, 0.15) is 23.0 Å². The van der Waals surface area contributed by atoms with Gasteiger partial charge in [0, 0.05) is 5.56 Å². The van der Waals surface area contributed by atoms with Gasteiger partial charge >= 0.3 is 0 Å². The molecule has 4 nitrogen and oxygen atoms in total. The molecule has 0 unspecified atom stereocenters. The fraction of sp³-hybridized carbons (Fsp3) is 0.263. The standard InChI is InChI=1S/C19H19FO4/c1-3-14-6-9-16(19-22-10-11-23-19)18(17(14)20)24-12-13-4-7-15(21-2)8-5-13/h3-9,19H,1,10-12H2,2H3. The topological polar surface area (TPSA) is 36.9 Å². The van der Waals surface area contributed by atoms with Crippen LogP contribution in [-0.4, -0.2) is 20.3 Å². The van der Waals surface area contributed by atoms with E-state index in [-0.39, 0.29) is 12.4 Å². The van der Waals surface area contributed by atoms with E-state index in [2.05, 4.69) is 6.58 Å². The van der Waals surface area contributed by atoms with Gasteiger partial charge in [-0.1, -0.05) is 30.9 Å². The van der Waals surface area contributed by atoms with Crippen LogP contribution in [-0.2, 0) is 16.1 Å². The van der Waals surface area contributed by atoms with Crippen LogP contribution in [0.5, 0.6) is 11.5 Å². The Morgan fingerprint density at radius 3 is 2.50 bits per heavy atom. The summed E-state index contributed by atoms with van der Waals surface area (Å²) in [5.41, 5.74) is 1.82. The summed E-state index contributed by atoms with van der Waals surface area (Å²) in [6.07, 6.45) is 0.847. The second kappa shape index (κ2) is 7.47. The predicted octanol–water partition coefficient (Wildman–Crippen LogP) is 4.10. The van der Waals surface area contributed by atoms with Crippen molar-refractivity contribution in [2.45, 2.75) is 12.9 Å². The Balaban J connectivity index is 1.85. The summed E-state index contributed by atoms with van der Waals surface area (Å²) in [5, 5.41) is 0. The molecule has 1 aliphatic rings. The highest BCUT2D eigenvalue weighted by Gasteiger charge is 2.25. The molecule has 2 aromatic carbocycles. The highest BCUT2D eigenvalue weighted by molar-refractivity contribution is 5.54. The van der Waals surface area contributed by atoms with E-state index in [1.165, 1.54) is 6.08 Å². The predicted molar refractivity (Wildman–Crippen MR) is 88.5 cm³/mol. The van der Waals surface area contributed by atoms with Crippen molar-refractivity contribution in [3.63, 3.8) is 0 Å². The van der Waals surface area contributed by atoms with Gasteiger partial charge in [0.1, 0.15) is 12.4 Å². The van der Waals surface area contributed by atoms with E-state index in [1.54, 1.807) is 19.2 Å². The van der Waals surface area contributed by atoms with E-state index in [9.17, 15) is 4.39 Å². The Hall–Kier alpha value is -2.37. The first-order valence-electron chi connectivity index (χ1n) is 7.66. The molecule has 0 atom stereocenters. The van der Waals surface area contributed by atoms with Crippen LogP contribution in [0.25, 0.3) is 6.08 Å². The third-order valence-electron chi connectivity index (χ3n) is 3.80. The van der Waals surface area contributed by atoms with Crippen molar-refractivity contribution in [2.24, 2.45) is 0 Å². The smallest absolute Gasteiger partial charge is 0.187 e. The second-order valence-corrected chi connectivity index (χ2v) is 5.30. The normalized spacial score (nSPS) is 14.6. The van der Waals surface area contributed by atoms with E-state index in [1.807, 2.05) is 24.3 Å². The molecular weight excluding hydrogens is 311 g/mol. The van der Waals surface area contributed by atoms with Crippen molar-refractivity contribution in [3.05, 3.63) is 65.5 Å². The fourth-order valence-corrected chi connectivity index (χ4v) is 2.49. The molecule has 0 spiro atoms. The van der Waals surface area contributed by atoms with Crippen LogP contribution in [0.4, 0.5) is 4.39 Å². The number of rotatable bonds is 6. The van der Waals surface area contributed by atoms with Crippen LogP contribution in [0, 0.1) is 5.82 Å². The molecule has 0 bridgehead atoms. The van der Waals surface area contributed by atoms with E-state index in [0.717, 1.165) is 11.3 Å². The minimum atomic E-state index is -0.607. The average Bonchev–Trinajstić information content (AvgIpc) is 3.15. The first-order chi connectivity index (χ1) is 11.7. The molecule has 0 saturated carbocycles. The van der Waals surface area contributed by atoms with Gasteiger partial charge in [-0.05, 0) is 23.8 Å². The summed E-state index contributed by atoms with van der Waals surface area (Å²) in [7, 11) is 1.61. The maximum atomic E-state index is 14.7. The molecular formula is C19H19FO4. The van der Waals surface area contributed by atoms with Gasteiger partial charge in [-0.25, -0.2) is 4.39 Å². The summed E-state index contributed by atoms with van der Waals surface area (Å²) < 4.78 is 36.5. The molecule has 0 aromatic heterocycles. The van der Waals surface area contributed by atoms with Gasteiger partial charge < -0.3 is 18.9 Å². The zero-order valence-corrected chi connectivity index (χ0v) is 13.5. The van der Waals surface area contributed by atoms with Crippen molar-refractivity contribution < 1.29 is 23.3 Å². The van der Waals surface area contributed by atoms with Crippen molar-refractivity contribution in [1.29, 1.82) is 0 Å². The second-order valence-electron chi connectivity index (χ2n) is 5.30. The lowest BCUT2D eigenvalue weighted by atomic mass is 10.1. The Labute approximate surface area is 140 Å². The Morgan fingerprint density at radius 1 is 1.17 bits per heavy atom. The van der Waals surface area contributed by atoms with Crippen LogP contribution in [0.3, 0.4) is 0 Å². The molecule has 2 aromatic rings. The Kier molecular flexibility index (Phi) is 5.13. The molecule has 1 heterocycles. The molecule has 0 amide bonds. The van der Waals surface area contributed by atoms with Crippen LogP contribution in [0.15, 0.2) is 43.0 Å². The van der Waals surface area contributed by atoms with Crippen molar-refractivity contribution >= 4 is 6.08 Å². The summed E-state index contributed by atoms with van der Waals surface area (Å²) in [4.78, 5) is 0. The van der Waals surface area contributed by atoms with Crippen molar-refractivity contribution in [1.82, 2.24) is 0 Å². The van der Waals surface area contributed by atoms with Crippen LogP contribution in [0.2, 0.25) is 0 Å². The van der Waals surface area contributed by atoms with Gasteiger partial charge in [0.25, 0.3) is 0 Å². The lowest BCUT2D eigenvalue weighted by molar-refractivity contribution is -0.0462. The fourth-order valence-electron chi connectivity index (χ4n) is 2.49. The first kappa shape index (κ1) is 16.5. The molecule has 5 heteroatoms. The maximum Gasteiger partial charge on any atom is 0.187 e. The third-order valence-corrected chi connectivity index (χ3v) is 3.80. The Morgan fingerprint density at radius 2 is 1.88 bits per heavy atom. The monoisotopic (exact) mass is 330 g/mol. The van der Waals surface area contributed by atoms with Gasteiger partial charge in [0.15, 0.2) is 17.9 Å². The lowest BCUT2D eigenvalue weighted by Crippen LogP contribution is -2.07. The van der Waals surface area contributed by atoms with Gasteiger partial charge in [-0.15, -0.1) is 0 Å². The van der Waals surface area contributed by atoms with E-state index >= 15 is 0 Å². The van der Waals surface area contributed by atoms with E-state index in [0.29, 0.717) is 24.3 Å². The summed E-state index contributed by atoms with van der Waals surface area (Å²) in [6, 6.07) is 10.8. The van der Waals surface area contributed by atoms with Crippen molar-refractivity contribution in [2.75, 3.05) is 20.3 Å². The van der Waals surface area contributed by atoms with Crippen LogP contribution < -0.4 is 9.47 Å². The molecule has 0 radical (unpaired) electrons. The zero-order chi connectivity index (χ0) is 16.9. The molecule has 3 rings (SSSR count). The first-order valence-corrected chi connectivity index (χ1v) is 7.66. The summed E-state index contributed by atoms with van der Waals surface area (Å²) in [6.45, 7) is 4.81. The van der Waals surface area contributed by atoms with Crippen LogP contribution >= 0.6 is 0 Å². The highest BCUT2D eigenvalue weighted by atomic mass is 19.1. The molecule has 0 N–H and O–H groups in total. The maximum absolute atomic E-state index is 14.7. The van der Waals surface area contributed by atoms with Gasteiger partial charge in [0.05, 0.1) is 25.9 Å². The summed E-state index contributed by atoms with van der Waals surface area (Å²) in [5.74, 6) is 0.428. The molecule has 126 valence electrons. The number of hydrogen-bond acceptors (Lipinski definition) is 4. The number of benzene rings is 2. The zero-order valence-electron chi connectivity index (χ0n) is 13.5. The van der Waals surface area contributed by atoms with Gasteiger partial charge in [0.2, 0.25) is 0 Å². The van der Waals surface area contributed by atoms with Gasteiger partial charge in [-0.2, -0.15) is 0 Å². The molecule has 24 heavy (non-hydrogen) atoms. The SMILES string of the molecule is C=Cc1ccc(C2OCCO2)c(OCc2ccc(OC)cc2)c1F. The molecule has 1 saturated heterocycles. The number of methoxy groups -OCH3 is 1. The minimum absolute atomic E-state index is 0.134. The van der Waals surface area contributed by atoms with Crippen molar-refractivity contribution in [3.8, 4) is 11.5 Å². The number of hydrogen-bond donors (Lipinski definition) is 0. The largest absolute Gasteiger partial charge is 0.497 e. The lowest BCUT2D eigenvalue weighted by Gasteiger charge is -2.17. The quantitative estimate of drug-likeness (QED) is 0.799. The Bertz CT molecular complexity index is 706. The molecule has 1 fully saturated rings. The number of ether oxygens (including phenoxy) is 4. The third kappa shape index (κ3) is 3.42. The molecule has 1 aliphatic heterocycles. The minimum Gasteiger partial charge on any atom is -0.497 e. The number of halogens is 1. The molecule has 0 aliphatic carbocycles. The summed E-state index contributed by atoms with van der Waals surface area (Å²) >= 11 is 0. The van der Waals surface area contributed by atoms with E-state index < -0.39 is 12.1 Å². The highest BCUT2D eigenvalue weighted by Crippen LogP contribution is 2.35. The average molecular weight is 330 g/mol. The van der Waals surface area contributed by atoms with Gasteiger partial charge in [-0.3, -0.25) is 0 Å².